The van der Waals surface area contributed by atoms with Gasteiger partial charge < -0.3 is 15.2 Å². The number of carbonyl (C=O) groups excluding carboxylic acids is 1. The van der Waals surface area contributed by atoms with Crippen molar-refractivity contribution in [1.29, 1.82) is 0 Å². The van der Waals surface area contributed by atoms with Gasteiger partial charge in [-0.1, -0.05) is 35.5 Å². The molecular formula is C20H27N5O2. The van der Waals surface area contributed by atoms with Crippen LogP contribution < -0.4 is 10.6 Å². The van der Waals surface area contributed by atoms with Gasteiger partial charge in [0.25, 0.3) is 0 Å². The Morgan fingerprint density at radius 1 is 1.26 bits per heavy atom. The Kier molecular flexibility index (Phi) is 5.79. The first-order valence-electron chi connectivity index (χ1n) is 9.89. The molecule has 27 heavy (non-hydrogen) atoms. The largest absolute Gasteiger partial charge is 0.354 e. The Labute approximate surface area is 159 Å². The van der Waals surface area contributed by atoms with Crippen LogP contribution in [0.15, 0.2) is 34.9 Å². The summed E-state index contributed by atoms with van der Waals surface area (Å²) in [6.45, 7) is 4.32. The number of amides is 1. The second-order valence-electron chi connectivity index (χ2n) is 7.52. The van der Waals surface area contributed by atoms with Crippen molar-refractivity contribution in [3.8, 4) is 11.4 Å². The van der Waals surface area contributed by atoms with Gasteiger partial charge in [-0.2, -0.15) is 4.98 Å². The molecule has 2 aliphatic rings. The second-order valence-corrected chi connectivity index (χ2v) is 7.52. The fourth-order valence-corrected chi connectivity index (χ4v) is 3.95. The van der Waals surface area contributed by atoms with Gasteiger partial charge in [0.2, 0.25) is 17.6 Å². The van der Waals surface area contributed by atoms with E-state index in [1.54, 1.807) is 0 Å². The minimum absolute atomic E-state index is 0.000468. The molecule has 7 heteroatoms. The first-order chi connectivity index (χ1) is 13.3. The fraction of sp³-hybridized carbons (Fsp3) is 0.550. The highest BCUT2D eigenvalue weighted by Crippen LogP contribution is 2.20. The van der Waals surface area contributed by atoms with Crippen LogP contribution in [0.1, 0.15) is 31.6 Å². The molecule has 1 aromatic heterocycles. The van der Waals surface area contributed by atoms with Crippen LogP contribution in [-0.2, 0) is 11.3 Å². The molecule has 2 N–H and O–H groups in total. The number of hydrogen-bond donors (Lipinski definition) is 2. The van der Waals surface area contributed by atoms with Crippen LogP contribution in [0.4, 0.5) is 0 Å². The molecule has 0 aliphatic carbocycles. The van der Waals surface area contributed by atoms with Crippen molar-refractivity contribution in [3.05, 3.63) is 36.2 Å². The highest BCUT2D eigenvalue weighted by molar-refractivity contribution is 5.81. The summed E-state index contributed by atoms with van der Waals surface area (Å²) in [7, 11) is 0. The second kappa shape index (κ2) is 8.63. The first kappa shape index (κ1) is 18.1. The summed E-state index contributed by atoms with van der Waals surface area (Å²) in [6.07, 6.45) is 4.31. The van der Waals surface area contributed by atoms with E-state index in [2.05, 4.69) is 25.7 Å². The highest BCUT2D eigenvalue weighted by atomic mass is 16.5. The Morgan fingerprint density at radius 2 is 2.15 bits per heavy atom. The van der Waals surface area contributed by atoms with Crippen LogP contribution in [0.2, 0.25) is 0 Å². The molecule has 0 spiro atoms. The van der Waals surface area contributed by atoms with E-state index in [0.717, 1.165) is 57.4 Å². The van der Waals surface area contributed by atoms with Crippen LogP contribution >= 0.6 is 0 Å². The highest BCUT2D eigenvalue weighted by Gasteiger charge is 2.25. The summed E-state index contributed by atoms with van der Waals surface area (Å²) in [5, 5.41) is 10.5. The average molecular weight is 369 g/mol. The van der Waals surface area contributed by atoms with Gasteiger partial charge in [-0.25, -0.2) is 0 Å². The van der Waals surface area contributed by atoms with Gasteiger partial charge in [-0.3, -0.25) is 9.69 Å². The molecule has 144 valence electrons. The molecule has 4 rings (SSSR count). The number of hydrogen-bond acceptors (Lipinski definition) is 6. The number of carbonyl (C=O) groups is 1. The molecule has 2 atom stereocenters. The van der Waals surface area contributed by atoms with E-state index >= 15 is 0 Å². The topological polar surface area (TPSA) is 83.3 Å². The Balaban J connectivity index is 1.27. The van der Waals surface area contributed by atoms with Gasteiger partial charge in [0, 0.05) is 18.7 Å². The molecule has 2 fully saturated rings. The van der Waals surface area contributed by atoms with E-state index in [1.165, 1.54) is 0 Å². The monoisotopic (exact) mass is 369 g/mol. The molecule has 3 heterocycles. The van der Waals surface area contributed by atoms with E-state index in [9.17, 15) is 4.79 Å². The summed E-state index contributed by atoms with van der Waals surface area (Å²) in [5.41, 5.74) is 0.965. The third-order valence-electron chi connectivity index (χ3n) is 5.40. The fourth-order valence-electron chi connectivity index (χ4n) is 3.95. The molecule has 0 bridgehead atoms. The van der Waals surface area contributed by atoms with Gasteiger partial charge >= 0.3 is 0 Å². The standard InChI is InChI=1S/C20H27N5O2/c26-20(17-9-4-10-21-17)22-12-15-6-5-11-25(13-15)14-18-23-19(24-27-18)16-7-2-1-3-8-16/h1-3,7-8,15,17,21H,4-6,9-14H2,(H,22,26). The van der Waals surface area contributed by atoms with Crippen molar-refractivity contribution in [1.82, 2.24) is 25.7 Å². The molecule has 7 nitrogen and oxygen atoms in total. The zero-order valence-electron chi connectivity index (χ0n) is 15.6. The predicted octanol–water partition coefficient (Wildman–Crippen LogP) is 1.82. The van der Waals surface area contributed by atoms with E-state index in [0.29, 0.717) is 24.2 Å². The summed E-state index contributed by atoms with van der Waals surface area (Å²) in [4.78, 5) is 19.0. The molecule has 0 radical (unpaired) electrons. The molecule has 2 saturated heterocycles. The number of nitrogens with one attached hydrogen (secondary N) is 2. The van der Waals surface area contributed by atoms with Gasteiger partial charge in [0.05, 0.1) is 12.6 Å². The third kappa shape index (κ3) is 4.73. The minimum atomic E-state index is -0.000468. The quantitative estimate of drug-likeness (QED) is 0.808. The number of aromatic nitrogens is 2. The SMILES string of the molecule is O=C(NCC1CCCN(Cc2nc(-c3ccccc3)no2)C1)C1CCCN1. The Morgan fingerprint density at radius 3 is 2.96 bits per heavy atom. The molecule has 1 amide bonds. The van der Waals surface area contributed by atoms with E-state index < -0.39 is 0 Å². The Bertz CT molecular complexity index is 742. The molecule has 2 unspecified atom stereocenters. The van der Waals surface area contributed by atoms with Gasteiger partial charge in [0.15, 0.2) is 0 Å². The maximum absolute atomic E-state index is 12.2. The van der Waals surface area contributed by atoms with E-state index in [-0.39, 0.29) is 11.9 Å². The smallest absolute Gasteiger partial charge is 0.241 e. The number of benzene rings is 1. The van der Waals surface area contributed by atoms with Crippen LogP contribution in [0.25, 0.3) is 11.4 Å². The zero-order chi connectivity index (χ0) is 18.5. The van der Waals surface area contributed by atoms with Crippen molar-refractivity contribution in [2.75, 3.05) is 26.2 Å². The van der Waals surface area contributed by atoms with Crippen LogP contribution in [-0.4, -0.2) is 53.2 Å². The van der Waals surface area contributed by atoms with Gasteiger partial charge in [0.1, 0.15) is 0 Å². The normalized spacial score (nSPS) is 23.4. The lowest BCUT2D eigenvalue weighted by atomic mass is 9.98. The lowest BCUT2D eigenvalue weighted by Crippen LogP contribution is -2.45. The number of nitrogens with zero attached hydrogens (tertiary/aromatic N) is 3. The molecule has 2 aromatic rings. The maximum Gasteiger partial charge on any atom is 0.241 e. The van der Waals surface area contributed by atoms with Crippen LogP contribution in [0.5, 0.6) is 0 Å². The maximum atomic E-state index is 12.2. The van der Waals surface area contributed by atoms with Crippen molar-refractivity contribution < 1.29 is 9.32 Å². The summed E-state index contributed by atoms with van der Waals surface area (Å²) >= 11 is 0. The minimum Gasteiger partial charge on any atom is -0.354 e. The van der Waals surface area contributed by atoms with Crippen molar-refractivity contribution in [2.24, 2.45) is 5.92 Å². The van der Waals surface area contributed by atoms with Gasteiger partial charge in [-0.15, -0.1) is 0 Å². The summed E-state index contributed by atoms with van der Waals surface area (Å²) in [5.74, 6) is 1.90. The zero-order valence-corrected chi connectivity index (χ0v) is 15.6. The van der Waals surface area contributed by atoms with E-state index in [4.69, 9.17) is 4.52 Å². The van der Waals surface area contributed by atoms with Crippen molar-refractivity contribution in [3.63, 3.8) is 0 Å². The third-order valence-corrected chi connectivity index (χ3v) is 5.40. The Hall–Kier alpha value is -2.25. The number of rotatable bonds is 6. The van der Waals surface area contributed by atoms with Crippen molar-refractivity contribution in [2.45, 2.75) is 38.3 Å². The van der Waals surface area contributed by atoms with Crippen molar-refractivity contribution >= 4 is 5.91 Å². The predicted molar refractivity (Wildman–Crippen MR) is 102 cm³/mol. The summed E-state index contributed by atoms with van der Waals surface area (Å²) in [6, 6.07) is 9.87. The molecule has 0 saturated carbocycles. The number of likely N-dealkylation sites (tertiary alicyclic amines) is 1. The molecule has 2 aliphatic heterocycles. The lowest BCUT2D eigenvalue weighted by Gasteiger charge is -2.32. The number of piperidine rings is 1. The molecule has 1 aromatic carbocycles. The van der Waals surface area contributed by atoms with Crippen LogP contribution in [0, 0.1) is 5.92 Å². The van der Waals surface area contributed by atoms with Gasteiger partial charge in [-0.05, 0) is 44.7 Å². The first-order valence-corrected chi connectivity index (χ1v) is 9.89. The molecular weight excluding hydrogens is 342 g/mol. The average Bonchev–Trinajstić information content (AvgIpc) is 3.39. The lowest BCUT2D eigenvalue weighted by molar-refractivity contribution is -0.123. The summed E-state index contributed by atoms with van der Waals surface area (Å²) < 4.78 is 5.44. The van der Waals surface area contributed by atoms with Crippen LogP contribution in [0.3, 0.4) is 0 Å². The van der Waals surface area contributed by atoms with E-state index in [1.807, 2.05) is 30.3 Å².